The lowest BCUT2D eigenvalue weighted by atomic mass is 10.1. The van der Waals surface area contributed by atoms with Crippen molar-refractivity contribution in [2.24, 2.45) is 0 Å². The molecule has 1 rings (SSSR count). The summed E-state index contributed by atoms with van der Waals surface area (Å²) in [6.07, 6.45) is 0. The van der Waals surface area contributed by atoms with Crippen molar-refractivity contribution in [1.82, 2.24) is 0 Å². The first-order valence-corrected chi connectivity index (χ1v) is 9.82. The number of benzene rings is 1. The van der Waals surface area contributed by atoms with Gasteiger partial charge in [-0.2, -0.15) is 0 Å². The molecule has 1 unspecified atom stereocenters. The van der Waals surface area contributed by atoms with Gasteiger partial charge >= 0.3 is 6.00 Å². The van der Waals surface area contributed by atoms with Crippen LogP contribution >= 0.6 is 44.8 Å². The number of rotatable bonds is 3. The summed E-state index contributed by atoms with van der Waals surface area (Å²) in [6, 6.07) is 5.12. The van der Waals surface area contributed by atoms with E-state index in [0.29, 0.717) is 5.88 Å². The summed E-state index contributed by atoms with van der Waals surface area (Å²) < 4.78 is 0. The van der Waals surface area contributed by atoms with Crippen LogP contribution in [0.3, 0.4) is 0 Å². The molecule has 0 N–H and O–H groups in total. The first-order valence-electron chi connectivity index (χ1n) is 4.17. The van der Waals surface area contributed by atoms with Crippen LogP contribution in [0, 0.1) is 0 Å². The highest BCUT2D eigenvalue weighted by atomic mass is 35.8. The summed E-state index contributed by atoms with van der Waals surface area (Å²) in [6.45, 7) is 1.94. The molecule has 5 heteroatoms. The highest BCUT2D eigenvalue weighted by Gasteiger charge is 2.35. The van der Waals surface area contributed by atoms with Crippen LogP contribution in [0.4, 0.5) is 0 Å². The predicted octanol–water partition coefficient (Wildman–Crippen LogP) is 4.72. The van der Waals surface area contributed by atoms with E-state index in [2.05, 4.69) is 0 Å². The molecule has 0 amide bonds. The van der Waals surface area contributed by atoms with Crippen LogP contribution in [0.1, 0.15) is 23.6 Å². The van der Waals surface area contributed by atoms with Crippen molar-refractivity contribution in [2.75, 3.05) is 0 Å². The molecule has 0 aliphatic rings. The second-order valence-corrected chi connectivity index (χ2v) is 12.4. The lowest BCUT2D eigenvalue weighted by Gasteiger charge is -2.20. The molecule has 1 aromatic rings. The minimum Gasteiger partial charge on any atom is -0.125 e. The molecule has 0 aromatic heterocycles. The molecule has 0 fully saturated rings. The standard InChI is InChI=1S/C9H10Cl4Si/c1-7(14(11,12)13)9-5-3-2-4-8(9)6-10/h2-5,7H,6H2,1H3. The summed E-state index contributed by atoms with van der Waals surface area (Å²) in [7, 11) is 0. The normalized spacial score (nSPS) is 14.1. The van der Waals surface area contributed by atoms with Crippen molar-refractivity contribution in [3.05, 3.63) is 35.4 Å². The summed E-state index contributed by atoms with van der Waals surface area (Å²) in [5.41, 5.74) is 2.07. The zero-order chi connectivity index (χ0) is 10.8. The largest absolute Gasteiger partial charge is 0.348 e. The SMILES string of the molecule is CC(c1ccccc1CCl)[Si](Cl)(Cl)Cl. The van der Waals surface area contributed by atoms with E-state index in [-0.39, 0.29) is 5.54 Å². The second-order valence-electron chi connectivity index (χ2n) is 3.10. The fourth-order valence-corrected chi connectivity index (χ4v) is 3.19. The Kier molecular flexibility index (Phi) is 4.60. The molecule has 0 aliphatic heterocycles. The Bertz CT molecular complexity index is 308. The van der Waals surface area contributed by atoms with Gasteiger partial charge < -0.3 is 0 Å². The number of halogens is 4. The summed E-state index contributed by atoms with van der Waals surface area (Å²) in [4.78, 5) is 0. The van der Waals surface area contributed by atoms with Crippen LogP contribution in [0.15, 0.2) is 24.3 Å². The lowest BCUT2D eigenvalue weighted by Crippen LogP contribution is -2.21. The van der Waals surface area contributed by atoms with Crippen LogP contribution in [0.2, 0.25) is 0 Å². The lowest BCUT2D eigenvalue weighted by molar-refractivity contribution is 1.04. The maximum absolute atomic E-state index is 5.97. The Morgan fingerprint density at radius 3 is 2.29 bits per heavy atom. The Morgan fingerprint density at radius 1 is 1.21 bits per heavy atom. The third-order valence-electron chi connectivity index (χ3n) is 2.16. The Hall–Kier alpha value is 0.597. The average Bonchev–Trinajstić information content (AvgIpc) is 2.15. The Morgan fingerprint density at radius 2 is 1.79 bits per heavy atom. The van der Waals surface area contributed by atoms with Gasteiger partial charge in [-0.15, -0.1) is 44.8 Å². The molecule has 14 heavy (non-hydrogen) atoms. The molecule has 0 spiro atoms. The number of hydrogen-bond donors (Lipinski definition) is 0. The molecule has 0 aliphatic carbocycles. The minimum atomic E-state index is -2.69. The zero-order valence-electron chi connectivity index (χ0n) is 7.61. The summed E-state index contributed by atoms with van der Waals surface area (Å²) in [5.74, 6) is 0.454. The third-order valence-corrected chi connectivity index (χ3v) is 6.68. The fraction of sp³-hybridized carbons (Fsp3) is 0.333. The molecule has 1 atom stereocenters. The minimum absolute atomic E-state index is 0.0255. The van der Waals surface area contributed by atoms with Crippen molar-refractivity contribution >= 4 is 50.8 Å². The summed E-state index contributed by atoms with van der Waals surface area (Å²) in [5, 5.41) is 0. The first kappa shape index (κ1) is 12.7. The van der Waals surface area contributed by atoms with Crippen LogP contribution in [-0.4, -0.2) is 6.00 Å². The van der Waals surface area contributed by atoms with E-state index in [1.54, 1.807) is 0 Å². The topological polar surface area (TPSA) is 0 Å². The Balaban J connectivity index is 3.06. The van der Waals surface area contributed by atoms with Gasteiger partial charge in [-0.1, -0.05) is 31.2 Å². The van der Waals surface area contributed by atoms with Gasteiger partial charge in [-0.25, -0.2) is 0 Å². The fourth-order valence-electron chi connectivity index (χ4n) is 1.25. The molecule has 0 saturated carbocycles. The van der Waals surface area contributed by atoms with Crippen molar-refractivity contribution < 1.29 is 0 Å². The Labute approximate surface area is 104 Å². The van der Waals surface area contributed by atoms with Crippen molar-refractivity contribution in [2.45, 2.75) is 18.3 Å². The zero-order valence-corrected chi connectivity index (χ0v) is 11.6. The van der Waals surface area contributed by atoms with Gasteiger partial charge in [0.1, 0.15) is 0 Å². The molecular formula is C9H10Cl4Si. The molecule has 0 radical (unpaired) electrons. The van der Waals surface area contributed by atoms with Crippen LogP contribution in [0.5, 0.6) is 0 Å². The smallest absolute Gasteiger partial charge is 0.125 e. The van der Waals surface area contributed by atoms with E-state index in [4.69, 9.17) is 44.8 Å². The van der Waals surface area contributed by atoms with Crippen LogP contribution in [0.25, 0.3) is 0 Å². The highest BCUT2D eigenvalue weighted by Crippen LogP contribution is 2.37. The third kappa shape index (κ3) is 3.04. The first-order chi connectivity index (χ1) is 6.46. The van der Waals surface area contributed by atoms with Gasteiger partial charge in [0, 0.05) is 11.4 Å². The monoisotopic (exact) mass is 286 g/mol. The van der Waals surface area contributed by atoms with E-state index in [0.717, 1.165) is 11.1 Å². The molecule has 1 aromatic carbocycles. The van der Waals surface area contributed by atoms with Gasteiger partial charge in [0.05, 0.1) is 0 Å². The van der Waals surface area contributed by atoms with Gasteiger partial charge in [-0.3, -0.25) is 0 Å². The number of hydrogen-bond acceptors (Lipinski definition) is 0. The molecular weight excluding hydrogens is 278 g/mol. The maximum atomic E-state index is 5.97. The van der Waals surface area contributed by atoms with Gasteiger partial charge in [-0.05, 0) is 11.1 Å². The van der Waals surface area contributed by atoms with Gasteiger partial charge in [0.15, 0.2) is 0 Å². The second kappa shape index (κ2) is 5.09. The van der Waals surface area contributed by atoms with Crippen molar-refractivity contribution in [3.63, 3.8) is 0 Å². The van der Waals surface area contributed by atoms with Crippen molar-refractivity contribution in [1.29, 1.82) is 0 Å². The van der Waals surface area contributed by atoms with Gasteiger partial charge in [0.2, 0.25) is 0 Å². The highest BCUT2D eigenvalue weighted by molar-refractivity contribution is 7.65. The van der Waals surface area contributed by atoms with E-state index < -0.39 is 6.00 Å². The quantitative estimate of drug-likeness (QED) is 0.429. The van der Waals surface area contributed by atoms with Gasteiger partial charge in [0.25, 0.3) is 0 Å². The van der Waals surface area contributed by atoms with Crippen molar-refractivity contribution in [3.8, 4) is 0 Å². The predicted molar refractivity (Wildman–Crippen MR) is 67.7 cm³/mol. The van der Waals surface area contributed by atoms with E-state index in [9.17, 15) is 0 Å². The average molecular weight is 288 g/mol. The number of alkyl halides is 1. The molecule has 0 bridgehead atoms. The molecule has 0 heterocycles. The molecule has 0 saturated heterocycles. The maximum Gasteiger partial charge on any atom is 0.348 e. The van der Waals surface area contributed by atoms with E-state index >= 15 is 0 Å². The van der Waals surface area contributed by atoms with Crippen LogP contribution in [-0.2, 0) is 5.88 Å². The molecule has 0 nitrogen and oxygen atoms in total. The summed E-state index contributed by atoms with van der Waals surface area (Å²) >= 11 is 23.7. The molecule has 78 valence electrons. The van der Waals surface area contributed by atoms with E-state index in [1.807, 2.05) is 31.2 Å². The van der Waals surface area contributed by atoms with E-state index in [1.165, 1.54) is 0 Å². The van der Waals surface area contributed by atoms with Crippen LogP contribution < -0.4 is 0 Å².